The van der Waals surface area contributed by atoms with Crippen molar-refractivity contribution in [2.24, 2.45) is 5.73 Å². The van der Waals surface area contributed by atoms with Crippen LogP contribution in [0.25, 0.3) is 0 Å². The van der Waals surface area contributed by atoms with Crippen LogP contribution in [0.15, 0.2) is 0 Å². The Bertz CT molecular complexity index is 349. The first-order chi connectivity index (χ1) is 7.43. The number of carbonyl (C=O) groups excluding carboxylic acids is 1. The molecule has 98 valence electrons. The summed E-state index contributed by atoms with van der Waals surface area (Å²) < 4.78 is 26.9. The molecule has 0 bridgehead atoms. The molecule has 5 nitrogen and oxygen atoms in total. The van der Waals surface area contributed by atoms with Gasteiger partial charge in [0.2, 0.25) is 11.4 Å². The molecule has 0 aliphatic carbocycles. The minimum atomic E-state index is -3.24. The number of carboxylic acids is 1. The maximum absolute atomic E-state index is 13.4. The number of aliphatic carboxylic acids is 1. The van der Waals surface area contributed by atoms with E-state index in [1.807, 2.05) is 0 Å². The molecule has 0 spiro atoms. The molecule has 3 N–H and O–H groups in total. The van der Waals surface area contributed by atoms with E-state index in [-0.39, 0.29) is 0 Å². The van der Waals surface area contributed by atoms with Crippen LogP contribution in [0.2, 0.25) is 0 Å². The van der Waals surface area contributed by atoms with Crippen molar-refractivity contribution >= 4 is 11.9 Å². The molecule has 1 aliphatic rings. The molecule has 0 unspecified atom stereocenters. The smallest absolute Gasteiger partial charge is 0.334 e. The van der Waals surface area contributed by atoms with Crippen LogP contribution in [0, 0.1) is 0 Å². The van der Waals surface area contributed by atoms with Gasteiger partial charge < -0.3 is 10.8 Å². The van der Waals surface area contributed by atoms with E-state index >= 15 is 0 Å². The van der Waals surface area contributed by atoms with Gasteiger partial charge in [0.05, 0.1) is 13.0 Å². The van der Waals surface area contributed by atoms with Gasteiger partial charge in [-0.2, -0.15) is 0 Å². The van der Waals surface area contributed by atoms with Crippen molar-refractivity contribution in [1.82, 2.24) is 4.90 Å². The molecule has 0 aromatic rings. The summed E-state index contributed by atoms with van der Waals surface area (Å²) in [6.07, 6.45) is -1.08. The summed E-state index contributed by atoms with van der Waals surface area (Å²) >= 11 is 0. The number of hydrogen-bond donors (Lipinski definition) is 2. The van der Waals surface area contributed by atoms with Gasteiger partial charge >= 0.3 is 5.97 Å². The van der Waals surface area contributed by atoms with E-state index in [2.05, 4.69) is 0 Å². The highest BCUT2D eigenvalue weighted by Crippen LogP contribution is 2.43. The average Bonchev–Trinajstić information content (AvgIpc) is 2.37. The molecule has 17 heavy (non-hydrogen) atoms. The fraction of sp³-hybridized carbons (Fsp3) is 0.800. The summed E-state index contributed by atoms with van der Waals surface area (Å²) in [5.74, 6) is -6.12. The van der Waals surface area contributed by atoms with Crippen LogP contribution in [0.5, 0.6) is 0 Å². The molecule has 1 fully saturated rings. The van der Waals surface area contributed by atoms with Gasteiger partial charge in [-0.25, -0.2) is 13.6 Å². The van der Waals surface area contributed by atoms with Crippen molar-refractivity contribution in [1.29, 1.82) is 0 Å². The number of rotatable bonds is 2. The molecule has 0 saturated carbocycles. The number of halogens is 2. The zero-order valence-electron chi connectivity index (χ0n) is 9.96. The first kappa shape index (κ1) is 13.8. The Hall–Kier alpha value is -1.24. The lowest BCUT2D eigenvalue weighted by Crippen LogP contribution is -2.64. The molecule has 0 radical (unpaired) electrons. The number of likely N-dealkylation sites (tertiary alicyclic amines) is 1. The molecule has 1 rings (SSSR count). The van der Waals surface area contributed by atoms with Crippen molar-refractivity contribution < 1.29 is 23.5 Å². The normalized spacial score (nSPS) is 29.2. The fourth-order valence-electron chi connectivity index (χ4n) is 2.22. The Morgan fingerprint density at radius 1 is 1.35 bits per heavy atom. The number of nitrogens with zero attached hydrogens (tertiary/aromatic N) is 1. The van der Waals surface area contributed by atoms with Crippen LogP contribution in [0.3, 0.4) is 0 Å². The van der Waals surface area contributed by atoms with Gasteiger partial charge in [-0.05, 0) is 20.8 Å². The molecule has 1 aliphatic heterocycles. The minimum Gasteiger partial charge on any atom is -0.479 e. The molecular formula is C10H16F2N2O3. The number of carbonyl (C=O) groups is 2. The van der Waals surface area contributed by atoms with E-state index in [1.54, 1.807) is 20.8 Å². The predicted molar refractivity (Wildman–Crippen MR) is 55.6 cm³/mol. The van der Waals surface area contributed by atoms with E-state index in [4.69, 9.17) is 10.8 Å². The summed E-state index contributed by atoms with van der Waals surface area (Å²) in [5, 5.41) is 9.12. The second kappa shape index (κ2) is 3.63. The van der Waals surface area contributed by atoms with Crippen LogP contribution in [0.4, 0.5) is 8.78 Å². The monoisotopic (exact) mass is 250 g/mol. The molecule has 1 heterocycles. The Labute approximate surface area is 97.6 Å². The lowest BCUT2D eigenvalue weighted by Gasteiger charge is -2.40. The number of carboxylic acid groups (broad SMARTS) is 1. The molecule has 0 aromatic carbocycles. The van der Waals surface area contributed by atoms with E-state index in [1.165, 1.54) is 0 Å². The van der Waals surface area contributed by atoms with Gasteiger partial charge in [0, 0.05) is 5.54 Å². The third kappa shape index (κ3) is 2.11. The SMILES string of the molecule is CC(C)(C)N1CC(F)(F)C[C@]1(C(N)=O)C(=O)O. The number of alkyl halides is 2. The Morgan fingerprint density at radius 2 is 1.82 bits per heavy atom. The van der Waals surface area contributed by atoms with E-state index in [0.717, 1.165) is 4.90 Å². The zero-order chi connectivity index (χ0) is 13.6. The van der Waals surface area contributed by atoms with Crippen molar-refractivity contribution in [3.8, 4) is 0 Å². The third-order valence-corrected chi connectivity index (χ3v) is 2.94. The molecule has 1 atom stereocenters. The lowest BCUT2D eigenvalue weighted by molar-refractivity contribution is -0.159. The highest BCUT2D eigenvalue weighted by Gasteiger charge is 2.65. The van der Waals surface area contributed by atoms with E-state index in [9.17, 15) is 18.4 Å². The second-order valence-corrected chi connectivity index (χ2v) is 5.32. The van der Waals surface area contributed by atoms with E-state index < -0.39 is 41.8 Å². The second-order valence-electron chi connectivity index (χ2n) is 5.32. The maximum Gasteiger partial charge on any atom is 0.334 e. The van der Waals surface area contributed by atoms with Crippen LogP contribution in [-0.4, -0.2) is 45.4 Å². The summed E-state index contributed by atoms with van der Waals surface area (Å²) in [5.41, 5.74) is 1.82. The lowest BCUT2D eigenvalue weighted by atomic mass is 9.90. The van der Waals surface area contributed by atoms with Crippen LogP contribution >= 0.6 is 0 Å². The number of primary amides is 1. The van der Waals surface area contributed by atoms with Crippen molar-refractivity contribution in [2.45, 2.75) is 44.2 Å². The van der Waals surface area contributed by atoms with Gasteiger partial charge in [0.25, 0.3) is 5.92 Å². The summed E-state index contributed by atoms with van der Waals surface area (Å²) in [4.78, 5) is 23.6. The van der Waals surface area contributed by atoms with Gasteiger partial charge in [0.15, 0.2) is 0 Å². The molecule has 1 amide bonds. The third-order valence-electron chi connectivity index (χ3n) is 2.94. The summed E-state index contributed by atoms with van der Waals surface area (Å²) in [6.45, 7) is 3.91. The topological polar surface area (TPSA) is 83.6 Å². The Morgan fingerprint density at radius 3 is 2.06 bits per heavy atom. The number of amides is 1. The minimum absolute atomic E-state index is 0.786. The van der Waals surface area contributed by atoms with E-state index in [0.29, 0.717) is 0 Å². The highest BCUT2D eigenvalue weighted by molar-refractivity contribution is 6.06. The Balaban J connectivity index is 3.35. The number of hydrogen-bond acceptors (Lipinski definition) is 3. The van der Waals surface area contributed by atoms with Crippen LogP contribution in [-0.2, 0) is 9.59 Å². The molecule has 0 aromatic heterocycles. The standard InChI is InChI=1S/C10H16F2N2O3/c1-8(2,3)14-5-9(11,12)4-10(14,6(13)15)7(16)17/h4-5H2,1-3H3,(H2,13,15)(H,16,17)/t10-/m0/s1. The van der Waals surface area contributed by atoms with Crippen molar-refractivity contribution in [2.75, 3.05) is 6.54 Å². The van der Waals surface area contributed by atoms with Crippen molar-refractivity contribution in [3.63, 3.8) is 0 Å². The zero-order valence-corrected chi connectivity index (χ0v) is 9.96. The van der Waals surface area contributed by atoms with Gasteiger partial charge in [-0.15, -0.1) is 0 Å². The van der Waals surface area contributed by atoms with Crippen molar-refractivity contribution in [3.05, 3.63) is 0 Å². The molecule has 1 saturated heterocycles. The molecular weight excluding hydrogens is 234 g/mol. The maximum atomic E-state index is 13.4. The average molecular weight is 250 g/mol. The summed E-state index contributed by atoms with van der Waals surface area (Å²) in [7, 11) is 0. The fourth-order valence-corrected chi connectivity index (χ4v) is 2.22. The number of nitrogens with two attached hydrogens (primary N) is 1. The predicted octanol–water partition coefficient (Wildman–Crippen LogP) is 0.435. The molecule has 7 heteroatoms. The quantitative estimate of drug-likeness (QED) is 0.696. The van der Waals surface area contributed by atoms with Gasteiger partial charge in [-0.1, -0.05) is 0 Å². The summed E-state index contributed by atoms with van der Waals surface area (Å²) in [6, 6.07) is 0. The highest BCUT2D eigenvalue weighted by atomic mass is 19.3. The largest absolute Gasteiger partial charge is 0.479 e. The van der Waals surface area contributed by atoms with Crippen LogP contribution < -0.4 is 5.73 Å². The first-order valence-corrected chi connectivity index (χ1v) is 5.12. The first-order valence-electron chi connectivity index (χ1n) is 5.12. The Kier molecular flexibility index (Phi) is 2.95. The van der Waals surface area contributed by atoms with Gasteiger partial charge in [0.1, 0.15) is 0 Å². The van der Waals surface area contributed by atoms with Crippen LogP contribution in [0.1, 0.15) is 27.2 Å². The van der Waals surface area contributed by atoms with Gasteiger partial charge in [-0.3, -0.25) is 9.69 Å².